The summed E-state index contributed by atoms with van der Waals surface area (Å²) in [6, 6.07) is 25.5. The molecule has 8 heteroatoms. The monoisotopic (exact) mass is 451 g/mol. The summed E-state index contributed by atoms with van der Waals surface area (Å²) in [6.45, 7) is 0. The normalized spacial score (nSPS) is 10.8. The van der Waals surface area contributed by atoms with Crippen molar-refractivity contribution >= 4 is 50.4 Å². The molecule has 0 unspecified atom stereocenters. The fraction of sp³-hybridized carbons (Fsp3) is 0. The molecule has 0 bridgehead atoms. The Morgan fingerprint density at radius 1 is 0.824 bits per heavy atom. The SMILES string of the molecule is O=C(Nc1ccc(Nc2cc(=O)oc3ccc([N+](=O)[O-])cc23)cc1)c1ccc2ccccc2c1. The molecule has 1 aromatic heterocycles. The van der Waals surface area contributed by atoms with Crippen molar-refractivity contribution in [3.63, 3.8) is 0 Å². The number of nitrogens with one attached hydrogen (secondary N) is 2. The van der Waals surface area contributed by atoms with E-state index in [9.17, 15) is 19.7 Å². The first kappa shape index (κ1) is 20.9. The lowest BCUT2D eigenvalue weighted by molar-refractivity contribution is -0.384. The average Bonchev–Trinajstić information content (AvgIpc) is 2.84. The molecule has 34 heavy (non-hydrogen) atoms. The van der Waals surface area contributed by atoms with E-state index in [1.807, 2.05) is 36.4 Å². The zero-order valence-corrected chi connectivity index (χ0v) is 17.6. The van der Waals surface area contributed by atoms with Crippen molar-refractivity contribution < 1.29 is 14.1 Å². The molecule has 0 saturated heterocycles. The highest BCUT2D eigenvalue weighted by atomic mass is 16.6. The van der Waals surface area contributed by atoms with Crippen LogP contribution < -0.4 is 16.3 Å². The van der Waals surface area contributed by atoms with E-state index in [0.29, 0.717) is 28.0 Å². The van der Waals surface area contributed by atoms with Crippen molar-refractivity contribution in [3.8, 4) is 0 Å². The fourth-order valence-electron chi connectivity index (χ4n) is 3.69. The third kappa shape index (κ3) is 4.20. The second-order valence-electron chi connectivity index (χ2n) is 7.64. The summed E-state index contributed by atoms with van der Waals surface area (Å²) in [6.07, 6.45) is 0. The van der Waals surface area contributed by atoms with Crippen molar-refractivity contribution in [3.05, 3.63) is 117 Å². The molecule has 0 atom stereocenters. The Kier molecular flexibility index (Phi) is 5.23. The topological polar surface area (TPSA) is 114 Å². The Morgan fingerprint density at radius 3 is 2.32 bits per heavy atom. The third-order valence-corrected chi connectivity index (χ3v) is 5.37. The van der Waals surface area contributed by atoms with E-state index in [0.717, 1.165) is 10.8 Å². The lowest BCUT2D eigenvalue weighted by Crippen LogP contribution is -2.11. The Balaban J connectivity index is 1.36. The highest BCUT2D eigenvalue weighted by molar-refractivity contribution is 6.06. The van der Waals surface area contributed by atoms with Crippen molar-refractivity contribution in [1.82, 2.24) is 0 Å². The fourth-order valence-corrected chi connectivity index (χ4v) is 3.69. The minimum atomic E-state index is -0.580. The number of nitro groups is 1. The van der Waals surface area contributed by atoms with Crippen LogP contribution in [-0.2, 0) is 0 Å². The number of benzene rings is 4. The summed E-state index contributed by atoms with van der Waals surface area (Å²) in [7, 11) is 0. The van der Waals surface area contributed by atoms with Crippen molar-refractivity contribution in [2.24, 2.45) is 0 Å². The molecule has 0 aliphatic rings. The molecule has 5 aromatic rings. The highest BCUT2D eigenvalue weighted by Gasteiger charge is 2.12. The Morgan fingerprint density at radius 2 is 1.56 bits per heavy atom. The van der Waals surface area contributed by atoms with Gasteiger partial charge < -0.3 is 15.1 Å². The first-order valence-electron chi connectivity index (χ1n) is 10.4. The van der Waals surface area contributed by atoms with Crippen LogP contribution >= 0.6 is 0 Å². The largest absolute Gasteiger partial charge is 0.423 e. The first-order chi connectivity index (χ1) is 16.5. The Hall–Kier alpha value is -4.98. The van der Waals surface area contributed by atoms with Gasteiger partial charge in [-0.2, -0.15) is 0 Å². The van der Waals surface area contributed by atoms with Gasteiger partial charge in [0.15, 0.2) is 0 Å². The van der Waals surface area contributed by atoms with Crippen LogP contribution in [0.2, 0.25) is 0 Å². The second-order valence-corrected chi connectivity index (χ2v) is 7.64. The summed E-state index contributed by atoms with van der Waals surface area (Å²) in [4.78, 5) is 35.2. The molecule has 0 aliphatic heterocycles. The molecule has 0 saturated carbocycles. The maximum Gasteiger partial charge on any atom is 0.338 e. The van der Waals surface area contributed by atoms with Crippen LogP contribution in [0.15, 0.2) is 100 Å². The van der Waals surface area contributed by atoms with E-state index in [1.165, 1.54) is 24.3 Å². The van der Waals surface area contributed by atoms with Gasteiger partial charge in [0.05, 0.1) is 10.6 Å². The molecular formula is C26H17N3O5. The van der Waals surface area contributed by atoms with Crippen LogP contribution in [0.1, 0.15) is 10.4 Å². The maximum atomic E-state index is 12.7. The lowest BCUT2D eigenvalue weighted by Gasteiger charge is -2.10. The van der Waals surface area contributed by atoms with Gasteiger partial charge in [0.25, 0.3) is 11.6 Å². The van der Waals surface area contributed by atoms with E-state index >= 15 is 0 Å². The van der Waals surface area contributed by atoms with E-state index in [4.69, 9.17) is 4.42 Å². The number of nitrogens with zero attached hydrogens (tertiary/aromatic N) is 1. The second kappa shape index (κ2) is 8.51. The summed E-state index contributed by atoms with van der Waals surface area (Å²) in [5.41, 5.74) is 1.69. The predicted octanol–water partition coefficient (Wildman–Crippen LogP) is 5.85. The smallest absolute Gasteiger partial charge is 0.338 e. The van der Waals surface area contributed by atoms with Gasteiger partial charge in [-0.3, -0.25) is 14.9 Å². The maximum absolute atomic E-state index is 12.7. The van der Waals surface area contributed by atoms with Gasteiger partial charge in [0.2, 0.25) is 0 Å². The molecule has 0 aliphatic carbocycles. The highest BCUT2D eigenvalue weighted by Crippen LogP contribution is 2.29. The summed E-state index contributed by atoms with van der Waals surface area (Å²) in [5.74, 6) is -0.231. The van der Waals surface area contributed by atoms with Crippen LogP contribution in [0.4, 0.5) is 22.7 Å². The summed E-state index contributed by atoms with van der Waals surface area (Å²) >= 11 is 0. The number of hydrogen-bond donors (Lipinski definition) is 2. The standard InChI is InChI=1S/C26H17N3O5/c30-25-15-23(22-14-21(29(32)33)11-12-24(22)34-25)27-19-7-9-20(10-8-19)28-26(31)18-6-5-16-3-1-2-4-17(16)13-18/h1-15,27H,(H,28,31). The van der Waals surface area contributed by atoms with Gasteiger partial charge in [-0.1, -0.05) is 30.3 Å². The van der Waals surface area contributed by atoms with Gasteiger partial charge >= 0.3 is 5.63 Å². The minimum absolute atomic E-state index is 0.115. The summed E-state index contributed by atoms with van der Waals surface area (Å²) < 4.78 is 5.14. The van der Waals surface area contributed by atoms with E-state index in [2.05, 4.69) is 10.6 Å². The number of nitro benzene ring substituents is 1. The van der Waals surface area contributed by atoms with Crippen molar-refractivity contribution in [1.29, 1.82) is 0 Å². The molecular weight excluding hydrogens is 434 g/mol. The molecule has 2 N–H and O–H groups in total. The van der Waals surface area contributed by atoms with Crippen LogP contribution in [0.3, 0.4) is 0 Å². The van der Waals surface area contributed by atoms with E-state index in [1.54, 1.807) is 30.3 Å². The molecule has 4 aromatic carbocycles. The van der Waals surface area contributed by atoms with Crippen LogP contribution in [0, 0.1) is 10.1 Å². The average molecular weight is 451 g/mol. The van der Waals surface area contributed by atoms with Crippen molar-refractivity contribution in [2.75, 3.05) is 10.6 Å². The van der Waals surface area contributed by atoms with Gasteiger partial charge in [-0.25, -0.2) is 4.79 Å². The molecule has 166 valence electrons. The van der Waals surface area contributed by atoms with Gasteiger partial charge in [-0.05, 0) is 53.2 Å². The van der Waals surface area contributed by atoms with E-state index < -0.39 is 10.5 Å². The number of amides is 1. The van der Waals surface area contributed by atoms with Gasteiger partial charge in [0, 0.05) is 40.5 Å². The summed E-state index contributed by atoms with van der Waals surface area (Å²) in [5, 5.41) is 19.5. The molecule has 5 rings (SSSR count). The zero-order valence-electron chi connectivity index (χ0n) is 17.6. The van der Waals surface area contributed by atoms with Crippen molar-refractivity contribution in [2.45, 2.75) is 0 Å². The molecule has 0 spiro atoms. The predicted molar refractivity (Wildman–Crippen MR) is 131 cm³/mol. The number of hydrogen-bond acceptors (Lipinski definition) is 6. The van der Waals surface area contributed by atoms with Gasteiger partial charge in [0.1, 0.15) is 5.58 Å². The van der Waals surface area contributed by atoms with Crippen LogP contribution in [0.25, 0.3) is 21.7 Å². The zero-order chi connectivity index (χ0) is 23.7. The minimum Gasteiger partial charge on any atom is -0.423 e. The molecule has 0 fully saturated rings. The molecule has 8 nitrogen and oxygen atoms in total. The number of fused-ring (bicyclic) bond motifs is 2. The molecule has 1 amide bonds. The number of carbonyl (C=O) groups is 1. The lowest BCUT2D eigenvalue weighted by atomic mass is 10.1. The van der Waals surface area contributed by atoms with Crippen LogP contribution in [0.5, 0.6) is 0 Å². The van der Waals surface area contributed by atoms with Gasteiger partial charge in [-0.15, -0.1) is 0 Å². The Bertz CT molecular complexity index is 1620. The number of anilines is 3. The Labute approximate surface area is 192 Å². The number of carbonyl (C=O) groups excluding carboxylic acids is 1. The van der Waals surface area contributed by atoms with Crippen LogP contribution in [-0.4, -0.2) is 10.8 Å². The number of rotatable bonds is 5. The quantitative estimate of drug-likeness (QED) is 0.197. The molecule has 1 heterocycles. The number of non-ortho nitro benzene ring substituents is 1. The molecule has 0 radical (unpaired) electrons. The van der Waals surface area contributed by atoms with E-state index in [-0.39, 0.29) is 17.2 Å². The third-order valence-electron chi connectivity index (χ3n) is 5.37. The first-order valence-corrected chi connectivity index (χ1v) is 10.4.